The lowest BCUT2D eigenvalue weighted by Gasteiger charge is -2.15. The Labute approximate surface area is 152 Å². The summed E-state index contributed by atoms with van der Waals surface area (Å²) < 4.78 is 0. The number of benzene rings is 2. The summed E-state index contributed by atoms with van der Waals surface area (Å²) >= 11 is 5.90. The lowest BCUT2D eigenvalue weighted by Crippen LogP contribution is -2.26. The van der Waals surface area contributed by atoms with Crippen LogP contribution in [0, 0.1) is 6.92 Å². The summed E-state index contributed by atoms with van der Waals surface area (Å²) in [4.78, 5) is 16.6. The molecule has 126 valence electrons. The second-order valence-electron chi connectivity index (χ2n) is 6.01. The van der Waals surface area contributed by atoms with Gasteiger partial charge in [-0.15, -0.1) is 0 Å². The average molecular weight is 351 g/mol. The quantitative estimate of drug-likeness (QED) is 0.702. The zero-order chi connectivity index (χ0) is 17.8. The molecule has 1 atom stereocenters. The van der Waals surface area contributed by atoms with Gasteiger partial charge in [0.2, 0.25) is 0 Å². The van der Waals surface area contributed by atoms with Crippen molar-refractivity contribution >= 4 is 17.5 Å². The van der Waals surface area contributed by atoms with E-state index < -0.39 is 0 Å². The van der Waals surface area contributed by atoms with Crippen LogP contribution in [0.3, 0.4) is 0 Å². The van der Waals surface area contributed by atoms with Gasteiger partial charge in [-0.1, -0.05) is 35.9 Å². The minimum absolute atomic E-state index is 0.0908. The first-order valence-electron chi connectivity index (χ1n) is 8.12. The van der Waals surface area contributed by atoms with E-state index in [1.165, 1.54) is 0 Å². The van der Waals surface area contributed by atoms with Crippen LogP contribution >= 0.6 is 11.6 Å². The summed E-state index contributed by atoms with van der Waals surface area (Å²) in [5, 5.41) is 3.70. The van der Waals surface area contributed by atoms with E-state index >= 15 is 0 Å². The van der Waals surface area contributed by atoms with Crippen LogP contribution in [0.2, 0.25) is 5.02 Å². The molecule has 2 aromatic carbocycles. The summed E-state index contributed by atoms with van der Waals surface area (Å²) in [6.45, 7) is 3.98. The number of hydrogen-bond donors (Lipinski definition) is 1. The third kappa shape index (κ3) is 4.06. The molecule has 0 spiro atoms. The van der Waals surface area contributed by atoms with E-state index in [1.54, 1.807) is 6.20 Å². The van der Waals surface area contributed by atoms with E-state index in [1.807, 2.05) is 74.6 Å². The molecule has 25 heavy (non-hydrogen) atoms. The van der Waals surface area contributed by atoms with Gasteiger partial charge in [-0.2, -0.15) is 0 Å². The van der Waals surface area contributed by atoms with Gasteiger partial charge in [0.05, 0.1) is 6.04 Å². The van der Waals surface area contributed by atoms with Gasteiger partial charge >= 0.3 is 0 Å². The molecule has 0 bridgehead atoms. The molecule has 1 amide bonds. The van der Waals surface area contributed by atoms with Crippen LogP contribution in [0.1, 0.15) is 34.5 Å². The van der Waals surface area contributed by atoms with Crippen molar-refractivity contribution in [3.8, 4) is 11.1 Å². The van der Waals surface area contributed by atoms with Crippen molar-refractivity contribution in [1.29, 1.82) is 0 Å². The van der Waals surface area contributed by atoms with Gasteiger partial charge in [-0.25, -0.2) is 0 Å². The topological polar surface area (TPSA) is 42.0 Å². The van der Waals surface area contributed by atoms with Gasteiger partial charge in [0.1, 0.15) is 0 Å². The van der Waals surface area contributed by atoms with Crippen LogP contribution in [-0.4, -0.2) is 10.9 Å². The van der Waals surface area contributed by atoms with Crippen molar-refractivity contribution in [3.05, 3.63) is 88.7 Å². The summed E-state index contributed by atoms with van der Waals surface area (Å²) in [6.07, 6.45) is 3.61. The van der Waals surface area contributed by atoms with E-state index in [4.69, 9.17) is 11.6 Å². The van der Waals surface area contributed by atoms with Gasteiger partial charge in [0.25, 0.3) is 5.91 Å². The molecule has 0 radical (unpaired) electrons. The van der Waals surface area contributed by atoms with Crippen molar-refractivity contribution in [2.75, 3.05) is 0 Å². The molecule has 1 N–H and O–H groups in total. The SMILES string of the molecule is Cc1cnccc1-c1ccc(C(=O)NC(C)c2ccc(Cl)cc2)cc1. The number of aryl methyl sites for hydroxylation is 1. The van der Waals surface area contributed by atoms with Gasteiger partial charge in [-0.05, 0) is 66.4 Å². The van der Waals surface area contributed by atoms with E-state index in [-0.39, 0.29) is 11.9 Å². The lowest BCUT2D eigenvalue weighted by molar-refractivity contribution is 0.0940. The standard InChI is InChI=1S/C21H19ClN2O/c1-14-13-23-12-11-20(14)17-3-5-18(6-4-17)21(25)24-15(2)16-7-9-19(22)10-8-16/h3-13,15H,1-2H3,(H,24,25). The number of pyridine rings is 1. The summed E-state index contributed by atoms with van der Waals surface area (Å²) in [5.41, 5.74) is 4.95. The van der Waals surface area contributed by atoms with Crippen LogP contribution in [0.5, 0.6) is 0 Å². The number of carbonyl (C=O) groups is 1. The molecule has 0 aliphatic carbocycles. The Kier molecular flexibility index (Phi) is 5.15. The van der Waals surface area contributed by atoms with Gasteiger partial charge in [-0.3, -0.25) is 9.78 Å². The Bertz CT molecular complexity index is 873. The molecule has 0 aliphatic heterocycles. The van der Waals surface area contributed by atoms with Crippen LogP contribution in [0.15, 0.2) is 67.0 Å². The largest absolute Gasteiger partial charge is 0.346 e. The highest BCUT2D eigenvalue weighted by atomic mass is 35.5. The Morgan fingerprint density at radius 2 is 1.72 bits per heavy atom. The Morgan fingerprint density at radius 3 is 2.36 bits per heavy atom. The van der Waals surface area contributed by atoms with Gasteiger partial charge in [0, 0.05) is 23.0 Å². The number of amides is 1. The van der Waals surface area contributed by atoms with Gasteiger partial charge in [0.15, 0.2) is 0 Å². The second-order valence-corrected chi connectivity index (χ2v) is 6.45. The van der Waals surface area contributed by atoms with Gasteiger partial charge < -0.3 is 5.32 Å². The molecular formula is C21H19ClN2O. The number of halogens is 1. The molecule has 3 rings (SSSR count). The number of carbonyl (C=O) groups excluding carboxylic acids is 1. The van der Waals surface area contributed by atoms with Crippen molar-refractivity contribution in [2.24, 2.45) is 0 Å². The number of hydrogen-bond acceptors (Lipinski definition) is 2. The zero-order valence-corrected chi connectivity index (χ0v) is 14.9. The Morgan fingerprint density at radius 1 is 1.04 bits per heavy atom. The average Bonchev–Trinajstić information content (AvgIpc) is 2.63. The van der Waals surface area contributed by atoms with Crippen molar-refractivity contribution in [2.45, 2.75) is 19.9 Å². The molecule has 0 saturated heterocycles. The first-order valence-corrected chi connectivity index (χ1v) is 8.50. The summed E-state index contributed by atoms with van der Waals surface area (Å²) in [7, 11) is 0. The molecule has 1 aromatic heterocycles. The second kappa shape index (κ2) is 7.49. The molecule has 1 heterocycles. The zero-order valence-electron chi connectivity index (χ0n) is 14.2. The molecular weight excluding hydrogens is 332 g/mol. The molecule has 3 aromatic rings. The highest BCUT2D eigenvalue weighted by Gasteiger charge is 2.12. The van der Waals surface area contributed by atoms with E-state index in [0.717, 1.165) is 22.3 Å². The summed E-state index contributed by atoms with van der Waals surface area (Å²) in [5.74, 6) is -0.0968. The predicted octanol–water partition coefficient (Wildman–Crippen LogP) is 5.20. The maximum Gasteiger partial charge on any atom is 0.251 e. The fourth-order valence-corrected chi connectivity index (χ4v) is 2.84. The number of nitrogens with zero attached hydrogens (tertiary/aromatic N) is 1. The van der Waals surface area contributed by atoms with Crippen LogP contribution in [0.25, 0.3) is 11.1 Å². The number of nitrogens with one attached hydrogen (secondary N) is 1. The van der Waals surface area contributed by atoms with Crippen LogP contribution in [-0.2, 0) is 0 Å². The summed E-state index contributed by atoms with van der Waals surface area (Å²) in [6, 6.07) is 17.0. The molecule has 0 saturated carbocycles. The first-order chi connectivity index (χ1) is 12.0. The van der Waals surface area contributed by atoms with Crippen molar-refractivity contribution < 1.29 is 4.79 Å². The highest BCUT2D eigenvalue weighted by Crippen LogP contribution is 2.23. The molecule has 0 fully saturated rings. The molecule has 1 unspecified atom stereocenters. The molecule has 4 heteroatoms. The van der Waals surface area contributed by atoms with Crippen molar-refractivity contribution in [1.82, 2.24) is 10.3 Å². The minimum Gasteiger partial charge on any atom is -0.346 e. The Hall–Kier alpha value is -2.65. The number of aromatic nitrogens is 1. The highest BCUT2D eigenvalue weighted by molar-refractivity contribution is 6.30. The van der Waals surface area contributed by atoms with E-state index in [9.17, 15) is 4.79 Å². The normalized spacial score (nSPS) is 11.8. The third-order valence-corrected chi connectivity index (χ3v) is 4.45. The monoisotopic (exact) mass is 350 g/mol. The predicted molar refractivity (Wildman–Crippen MR) is 102 cm³/mol. The lowest BCUT2D eigenvalue weighted by atomic mass is 10.0. The van der Waals surface area contributed by atoms with E-state index in [2.05, 4.69) is 10.3 Å². The Balaban J connectivity index is 1.72. The maximum absolute atomic E-state index is 12.5. The minimum atomic E-state index is -0.0968. The maximum atomic E-state index is 12.5. The fourth-order valence-electron chi connectivity index (χ4n) is 2.71. The third-order valence-electron chi connectivity index (χ3n) is 4.20. The van der Waals surface area contributed by atoms with Crippen LogP contribution in [0.4, 0.5) is 0 Å². The smallest absolute Gasteiger partial charge is 0.251 e. The first kappa shape index (κ1) is 17.2. The number of rotatable bonds is 4. The van der Waals surface area contributed by atoms with Crippen molar-refractivity contribution in [3.63, 3.8) is 0 Å². The molecule has 3 nitrogen and oxygen atoms in total. The fraction of sp³-hybridized carbons (Fsp3) is 0.143. The van der Waals surface area contributed by atoms with Crippen LogP contribution < -0.4 is 5.32 Å². The van der Waals surface area contributed by atoms with E-state index in [0.29, 0.717) is 10.6 Å². The molecule has 0 aliphatic rings.